The second kappa shape index (κ2) is 7.04. The highest BCUT2D eigenvalue weighted by molar-refractivity contribution is 5.93. The molecule has 5 nitrogen and oxygen atoms in total. The number of hydrogen-bond donors (Lipinski definition) is 2. The number of amides is 2. The van der Waals surface area contributed by atoms with Gasteiger partial charge in [0.2, 0.25) is 0 Å². The minimum atomic E-state index is -0.639. The van der Waals surface area contributed by atoms with Crippen molar-refractivity contribution in [2.75, 3.05) is 18.5 Å². The predicted octanol–water partition coefficient (Wildman–Crippen LogP) is 4.14. The van der Waals surface area contributed by atoms with Crippen LogP contribution in [0.4, 0.5) is 14.9 Å². The molecular formula is C21H22FN3O2. The Morgan fingerprint density at radius 3 is 2.74 bits per heavy atom. The second-order valence-electron chi connectivity index (χ2n) is 6.98. The first-order chi connectivity index (χ1) is 13.1. The maximum atomic E-state index is 13.8. The highest BCUT2D eigenvalue weighted by Gasteiger charge is 2.36. The molecule has 0 spiro atoms. The molecule has 27 heavy (non-hydrogen) atoms. The lowest BCUT2D eigenvalue weighted by atomic mass is 9.82. The smallest absolute Gasteiger partial charge is 0.319 e. The van der Waals surface area contributed by atoms with Crippen molar-refractivity contribution in [1.29, 1.82) is 0 Å². The summed E-state index contributed by atoms with van der Waals surface area (Å²) in [5.74, 6) is -0.310. The zero-order valence-electron chi connectivity index (χ0n) is 15.2. The Morgan fingerprint density at radius 1 is 1.15 bits per heavy atom. The highest BCUT2D eigenvalue weighted by atomic mass is 19.1. The van der Waals surface area contributed by atoms with Gasteiger partial charge >= 0.3 is 6.03 Å². The van der Waals surface area contributed by atoms with E-state index in [1.54, 1.807) is 6.07 Å². The molecule has 1 aliphatic heterocycles. The van der Waals surface area contributed by atoms with Crippen LogP contribution >= 0.6 is 0 Å². The number of rotatable bonds is 3. The molecule has 6 heteroatoms. The molecule has 1 aromatic heterocycles. The lowest BCUT2D eigenvalue weighted by Gasteiger charge is -2.38. The van der Waals surface area contributed by atoms with Gasteiger partial charge in [0.25, 0.3) is 0 Å². The van der Waals surface area contributed by atoms with Crippen LogP contribution in [0.5, 0.6) is 0 Å². The molecule has 0 atom stereocenters. The summed E-state index contributed by atoms with van der Waals surface area (Å²) in [6, 6.07) is 13.9. The fraction of sp³-hybridized carbons (Fsp3) is 0.286. The molecule has 0 aliphatic carbocycles. The fourth-order valence-corrected chi connectivity index (χ4v) is 3.71. The number of carbonyl (C=O) groups is 1. The van der Waals surface area contributed by atoms with Crippen molar-refractivity contribution >= 4 is 22.6 Å². The van der Waals surface area contributed by atoms with Crippen molar-refractivity contribution in [2.24, 2.45) is 7.05 Å². The Morgan fingerprint density at radius 2 is 1.96 bits per heavy atom. The molecule has 3 aromatic rings. The van der Waals surface area contributed by atoms with E-state index in [0.29, 0.717) is 31.7 Å². The van der Waals surface area contributed by atoms with Crippen molar-refractivity contribution in [3.63, 3.8) is 0 Å². The first-order valence-electron chi connectivity index (χ1n) is 9.04. The molecule has 2 aromatic carbocycles. The zero-order chi connectivity index (χ0) is 18.9. The first-order valence-corrected chi connectivity index (χ1v) is 9.04. The molecule has 1 fully saturated rings. The van der Waals surface area contributed by atoms with E-state index in [1.807, 2.05) is 48.1 Å². The molecule has 4 rings (SSSR count). The van der Waals surface area contributed by atoms with Gasteiger partial charge in [-0.05, 0) is 54.1 Å². The van der Waals surface area contributed by atoms with E-state index in [1.165, 1.54) is 12.1 Å². The van der Waals surface area contributed by atoms with Gasteiger partial charge in [-0.3, -0.25) is 0 Å². The third kappa shape index (κ3) is 3.53. The number of aryl methyl sites for hydroxylation is 1. The van der Waals surface area contributed by atoms with Crippen molar-refractivity contribution in [3.8, 4) is 0 Å². The summed E-state index contributed by atoms with van der Waals surface area (Å²) in [6.07, 6.45) is 3.18. The number of halogens is 1. The van der Waals surface area contributed by atoms with Crippen LogP contribution < -0.4 is 10.6 Å². The number of nitrogens with zero attached hydrogens (tertiary/aromatic N) is 1. The summed E-state index contributed by atoms with van der Waals surface area (Å²) in [4.78, 5) is 12.7. The second-order valence-corrected chi connectivity index (χ2v) is 6.98. The van der Waals surface area contributed by atoms with E-state index in [2.05, 4.69) is 10.6 Å². The van der Waals surface area contributed by atoms with Crippen molar-refractivity contribution < 1.29 is 13.9 Å². The number of fused-ring (bicyclic) bond motifs is 1. The van der Waals surface area contributed by atoms with Gasteiger partial charge in [0.1, 0.15) is 5.82 Å². The van der Waals surface area contributed by atoms with Crippen LogP contribution in [0.25, 0.3) is 10.9 Å². The lowest BCUT2D eigenvalue weighted by Crippen LogP contribution is -2.51. The number of urea groups is 1. The summed E-state index contributed by atoms with van der Waals surface area (Å²) >= 11 is 0. The molecule has 0 bridgehead atoms. The van der Waals surface area contributed by atoms with Gasteiger partial charge in [0.05, 0.1) is 5.54 Å². The topological polar surface area (TPSA) is 55.3 Å². The van der Waals surface area contributed by atoms with Crippen LogP contribution in [0.1, 0.15) is 18.4 Å². The Kier molecular flexibility index (Phi) is 4.58. The Hall–Kier alpha value is -2.86. The minimum Gasteiger partial charge on any atom is -0.381 e. The first kappa shape index (κ1) is 17.5. The lowest BCUT2D eigenvalue weighted by molar-refractivity contribution is 0.0417. The summed E-state index contributed by atoms with van der Waals surface area (Å²) in [6.45, 7) is 1.04. The summed E-state index contributed by atoms with van der Waals surface area (Å²) in [5, 5.41) is 7.10. The van der Waals surface area contributed by atoms with E-state index in [0.717, 1.165) is 16.5 Å². The average Bonchev–Trinajstić information content (AvgIpc) is 3.03. The maximum absolute atomic E-state index is 13.8. The van der Waals surface area contributed by atoms with Crippen LogP contribution in [0.15, 0.2) is 54.7 Å². The number of ether oxygens (including phenoxy) is 1. The van der Waals surface area contributed by atoms with Crippen molar-refractivity contribution in [2.45, 2.75) is 18.4 Å². The van der Waals surface area contributed by atoms with Gasteiger partial charge in [-0.1, -0.05) is 18.2 Å². The number of anilines is 1. The van der Waals surface area contributed by atoms with E-state index in [9.17, 15) is 9.18 Å². The van der Waals surface area contributed by atoms with Crippen LogP contribution in [0.3, 0.4) is 0 Å². The molecule has 2 amide bonds. The summed E-state index contributed by atoms with van der Waals surface area (Å²) in [5.41, 5.74) is 1.88. The number of aromatic nitrogens is 1. The number of hydrogen-bond acceptors (Lipinski definition) is 2. The molecule has 0 unspecified atom stereocenters. The van der Waals surface area contributed by atoms with Crippen LogP contribution in [0.2, 0.25) is 0 Å². The Bertz CT molecular complexity index is 976. The third-order valence-corrected chi connectivity index (χ3v) is 5.22. The monoisotopic (exact) mass is 367 g/mol. The predicted molar refractivity (Wildman–Crippen MR) is 103 cm³/mol. The van der Waals surface area contributed by atoms with Gasteiger partial charge in [0, 0.05) is 37.7 Å². The number of carbonyl (C=O) groups excluding carboxylic acids is 1. The highest BCUT2D eigenvalue weighted by Crippen LogP contribution is 2.32. The van der Waals surface area contributed by atoms with Gasteiger partial charge in [-0.2, -0.15) is 0 Å². The molecule has 1 aliphatic rings. The van der Waals surface area contributed by atoms with E-state index < -0.39 is 5.54 Å². The fourth-order valence-electron chi connectivity index (χ4n) is 3.71. The molecule has 140 valence electrons. The molecule has 0 radical (unpaired) electrons. The Balaban J connectivity index is 1.57. The van der Waals surface area contributed by atoms with Gasteiger partial charge < -0.3 is 19.9 Å². The SMILES string of the molecule is Cn1ccc2ccc(NC(=O)NC3(c4cccc(F)c4)CCOCC3)cc21. The molecular weight excluding hydrogens is 345 g/mol. The largest absolute Gasteiger partial charge is 0.381 e. The van der Waals surface area contributed by atoms with Crippen molar-refractivity contribution in [1.82, 2.24) is 9.88 Å². The van der Waals surface area contributed by atoms with Gasteiger partial charge in [-0.15, -0.1) is 0 Å². The quantitative estimate of drug-likeness (QED) is 0.731. The number of nitrogens with one attached hydrogen (secondary N) is 2. The van der Waals surface area contributed by atoms with E-state index in [4.69, 9.17) is 4.74 Å². The van der Waals surface area contributed by atoms with Crippen LogP contribution in [-0.2, 0) is 17.3 Å². The average molecular weight is 367 g/mol. The molecule has 1 saturated heterocycles. The molecule has 0 saturated carbocycles. The van der Waals surface area contributed by atoms with Gasteiger partial charge in [-0.25, -0.2) is 9.18 Å². The van der Waals surface area contributed by atoms with Gasteiger partial charge in [0.15, 0.2) is 0 Å². The zero-order valence-corrected chi connectivity index (χ0v) is 15.2. The van der Waals surface area contributed by atoms with Crippen LogP contribution in [0, 0.1) is 5.82 Å². The Labute approximate surface area is 157 Å². The van der Waals surface area contributed by atoms with E-state index in [-0.39, 0.29) is 11.8 Å². The standard InChI is InChI=1S/C21H22FN3O2/c1-25-10-7-15-5-6-18(14-19(15)25)23-20(26)24-21(8-11-27-12-9-21)16-3-2-4-17(22)13-16/h2-7,10,13-14H,8-9,11-12H2,1H3,(H2,23,24,26). The molecule has 2 N–H and O–H groups in total. The van der Waals surface area contributed by atoms with E-state index >= 15 is 0 Å². The summed E-state index contributed by atoms with van der Waals surface area (Å²) < 4.78 is 21.2. The third-order valence-electron chi connectivity index (χ3n) is 5.22. The number of benzene rings is 2. The van der Waals surface area contributed by atoms with Crippen molar-refractivity contribution in [3.05, 3.63) is 66.1 Å². The normalized spacial score (nSPS) is 16.2. The maximum Gasteiger partial charge on any atom is 0.319 e. The minimum absolute atomic E-state index is 0.310. The molecule has 2 heterocycles. The summed E-state index contributed by atoms with van der Waals surface area (Å²) in [7, 11) is 1.97. The van der Waals surface area contributed by atoms with Crippen LogP contribution in [-0.4, -0.2) is 23.8 Å².